The standard InChI is InChI=1S/C18H26N6O/c1-4-19-18(20-11-16-6-5-7-17(22-16)25-3)24-9-8-14(13-24)15-10-21-23(2)12-15/h5-7,10,12,14H,4,8-9,11,13H2,1-3H3,(H,19,20). The molecule has 1 N–H and O–H groups in total. The van der Waals surface area contributed by atoms with Gasteiger partial charge in [0, 0.05) is 44.9 Å². The Kier molecular flexibility index (Phi) is 5.53. The second-order valence-electron chi connectivity index (χ2n) is 6.22. The smallest absolute Gasteiger partial charge is 0.213 e. The summed E-state index contributed by atoms with van der Waals surface area (Å²) in [7, 11) is 3.59. The molecule has 1 unspecified atom stereocenters. The first kappa shape index (κ1) is 17.3. The van der Waals surface area contributed by atoms with Crippen molar-refractivity contribution in [2.24, 2.45) is 12.0 Å². The summed E-state index contributed by atoms with van der Waals surface area (Å²) in [5, 5.41) is 7.69. The molecule has 134 valence electrons. The summed E-state index contributed by atoms with van der Waals surface area (Å²) in [5.41, 5.74) is 2.20. The molecule has 2 aromatic heterocycles. The van der Waals surface area contributed by atoms with E-state index in [1.807, 2.05) is 36.1 Å². The van der Waals surface area contributed by atoms with E-state index in [4.69, 9.17) is 9.73 Å². The Morgan fingerprint density at radius 2 is 2.32 bits per heavy atom. The zero-order valence-electron chi connectivity index (χ0n) is 15.1. The van der Waals surface area contributed by atoms with E-state index in [1.54, 1.807) is 7.11 Å². The number of likely N-dealkylation sites (tertiary alicyclic amines) is 1. The number of ether oxygens (including phenoxy) is 1. The number of rotatable bonds is 5. The minimum atomic E-state index is 0.507. The molecule has 0 aromatic carbocycles. The van der Waals surface area contributed by atoms with Gasteiger partial charge in [-0.2, -0.15) is 5.10 Å². The van der Waals surface area contributed by atoms with Crippen LogP contribution >= 0.6 is 0 Å². The average Bonchev–Trinajstić information content (AvgIpc) is 3.28. The molecular weight excluding hydrogens is 316 g/mol. The van der Waals surface area contributed by atoms with Crippen LogP contribution in [0.25, 0.3) is 0 Å². The fraction of sp³-hybridized carbons (Fsp3) is 0.500. The Morgan fingerprint density at radius 1 is 1.44 bits per heavy atom. The Morgan fingerprint density at radius 3 is 3.04 bits per heavy atom. The summed E-state index contributed by atoms with van der Waals surface area (Å²) in [5.74, 6) is 2.07. The van der Waals surface area contributed by atoms with Gasteiger partial charge >= 0.3 is 0 Å². The number of hydrogen-bond donors (Lipinski definition) is 1. The number of aliphatic imine (C=N–C) groups is 1. The quantitative estimate of drug-likeness (QED) is 0.663. The van der Waals surface area contributed by atoms with Crippen LogP contribution in [0.1, 0.15) is 30.5 Å². The summed E-state index contributed by atoms with van der Waals surface area (Å²) in [6.07, 6.45) is 5.20. The number of methoxy groups -OCH3 is 1. The van der Waals surface area contributed by atoms with Gasteiger partial charge in [-0.3, -0.25) is 4.68 Å². The van der Waals surface area contributed by atoms with Gasteiger partial charge in [0.05, 0.1) is 25.5 Å². The van der Waals surface area contributed by atoms with Gasteiger partial charge in [-0.15, -0.1) is 0 Å². The fourth-order valence-corrected chi connectivity index (χ4v) is 3.12. The highest BCUT2D eigenvalue weighted by Crippen LogP contribution is 2.26. The van der Waals surface area contributed by atoms with Gasteiger partial charge in [0.2, 0.25) is 5.88 Å². The largest absolute Gasteiger partial charge is 0.481 e. The number of pyridine rings is 1. The van der Waals surface area contributed by atoms with Crippen molar-refractivity contribution in [1.29, 1.82) is 0 Å². The van der Waals surface area contributed by atoms with E-state index in [9.17, 15) is 0 Å². The summed E-state index contributed by atoms with van der Waals surface area (Å²) >= 11 is 0. The van der Waals surface area contributed by atoms with Gasteiger partial charge in [-0.1, -0.05) is 6.07 Å². The molecular formula is C18H26N6O. The van der Waals surface area contributed by atoms with Gasteiger partial charge in [0.1, 0.15) is 0 Å². The molecule has 1 fully saturated rings. The maximum atomic E-state index is 5.18. The number of guanidine groups is 1. The molecule has 2 aromatic rings. The molecule has 0 saturated carbocycles. The maximum absolute atomic E-state index is 5.18. The van der Waals surface area contributed by atoms with Crippen LogP contribution in [-0.4, -0.2) is 52.4 Å². The Bertz CT molecular complexity index is 726. The van der Waals surface area contributed by atoms with E-state index in [1.165, 1.54) is 5.56 Å². The van der Waals surface area contributed by atoms with Crippen molar-refractivity contribution in [1.82, 2.24) is 25.0 Å². The summed E-state index contributed by atoms with van der Waals surface area (Å²) in [4.78, 5) is 11.5. The number of aromatic nitrogens is 3. The third-order valence-electron chi connectivity index (χ3n) is 4.40. The van der Waals surface area contributed by atoms with E-state index in [2.05, 4.69) is 33.4 Å². The third kappa shape index (κ3) is 4.29. The lowest BCUT2D eigenvalue weighted by Gasteiger charge is -2.21. The van der Waals surface area contributed by atoms with Crippen molar-refractivity contribution in [3.05, 3.63) is 41.9 Å². The second-order valence-corrected chi connectivity index (χ2v) is 6.22. The predicted octanol–water partition coefficient (Wildman–Crippen LogP) is 1.78. The van der Waals surface area contributed by atoms with Crippen LogP contribution in [0.15, 0.2) is 35.6 Å². The van der Waals surface area contributed by atoms with E-state index >= 15 is 0 Å². The van der Waals surface area contributed by atoms with Crippen LogP contribution in [0.2, 0.25) is 0 Å². The SMILES string of the molecule is CCNC(=NCc1cccc(OC)n1)N1CCC(c2cnn(C)c2)C1. The Labute approximate surface area is 148 Å². The van der Waals surface area contributed by atoms with E-state index in [0.717, 1.165) is 37.7 Å². The Hall–Kier alpha value is -2.57. The van der Waals surface area contributed by atoms with Gasteiger partial charge in [-0.05, 0) is 25.0 Å². The minimum Gasteiger partial charge on any atom is -0.481 e. The maximum Gasteiger partial charge on any atom is 0.213 e. The third-order valence-corrected chi connectivity index (χ3v) is 4.40. The van der Waals surface area contributed by atoms with Crippen LogP contribution in [0.3, 0.4) is 0 Å². The fourth-order valence-electron chi connectivity index (χ4n) is 3.12. The van der Waals surface area contributed by atoms with Crippen LogP contribution in [0.5, 0.6) is 5.88 Å². The second kappa shape index (κ2) is 8.00. The van der Waals surface area contributed by atoms with Gasteiger partial charge in [-0.25, -0.2) is 9.98 Å². The first-order valence-electron chi connectivity index (χ1n) is 8.71. The molecule has 7 nitrogen and oxygen atoms in total. The number of aryl methyl sites for hydroxylation is 1. The highest BCUT2D eigenvalue weighted by Gasteiger charge is 2.26. The molecule has 1 saturated heterocycles. The van der Waals surface area contributed by atoms with Gasteiger partial charge < -0.3 is 15.0 Å². The van der Waals surface area contributed by atoms with E-state index < -0.39 is 0 Å². The highest BCUT2D eigenvalue weighted by atomic mass is 16.5. The molecule has 0 bridgehead atoms. The average molecular weight is 342 g/mol. The monoisotopic (exact) mass is 342 g/mol. The van der Waals surface area contributed by atoms with Crippen molar-refractivity contribution < 1.29 is 4.74 Å². The molecule has 1 aliphatic heterocycles. The van der Waals surface area contributed by atoms with Crippen molar-refractivity contribution in [3.63, 3.8) is 0 Å². The predicted molar refractivity (Wildman–Crippen MR) is 97.7 cm³/mol. The lowest BCUT2D eigenvalue weighted by atomic mass is 10.0. The highest BCUT2D eigenvalue weighted by molar-refractivity contribution is 5.80. The zero-order chi connectivity index (χ0) is 17.6. The minimum absolute atomic E-state index is 0.507. The van der Waals surface area contributed by atoms with Crippen molar-refractivity contribution in [2.45, 2.75) is 25.8 Å². The molecule has 1 aliphatic rings. The summed E-state index contributed by atoms with van der Waals surface area (Å²) in [6.45, 7) is 5.43. The molecule has 25 heavy (non-hydrogen) atoms. The zero-order valence-corrected chi connectivity index (χ0v) is 15.1. The lowest BCUT2D eigenvalue weighted by Crippen LogP contribution is -2.40. The summed E-state index contributed by atoms with van der Waals surface area (Å²) in [6, 6.07) is 5.76. The van der Waals surface area contributed by atoms with E-state index in [-0.39, 0.29) is 0 Å². The van der Waals surface area contributed by atoms with E-state index in [0.29, 0.717) is 18.3 Å². The topological polar surface area (TPSA) is 67.6 Å². The molecule has 0 radical (unpaired) electrons. The first-order chi connectivity index (χ1) is 12.2. The summed E-state index contributed by atoms with van der Waals surface area (Å²) < 4.78 is 7.05. The first-order valence-corrected chi connectivity index (χ1v) is 8.71. The lowest BCUT2D eigenvalue weighted by molar-refractivity contribution is 0.396. The number of nitrogens with one attached hydrogen (secondary N) is 1. The van der Waals surface area contributed by atoms with Crippen molar-refractivity contribution in [3.8, 4) is 5.88 Å². The Balaban J connectivity index is 1.68. The molecule has 0 spiro atoms. The van der Waals surface area contributed by atoms with Crippen LogP contribution < -0.4 is 10.1 Å². The molecule has 3 rings (SSSR count). The van der Waals surface area contributed by atoms with Crippen molar-refractivity contribution in [2.75, 3.05) is 26.7 Å². The molecule has 0 amide bonds. The van der Waals surface area contributed by atoms with Crippen LogP contribution in [0.4, 0.5) is 0 Å². The van der Waals surface area contributed by atoms with Gasteiger partial charge in [0.15, 0.2) is 5.96 Å². The number of nitrogens with zero attached hydrogens (tertiary/aromatic N) is 5. The van der Waals surface area contributed by atoms with Gasteiger partial charge in [0.25, 0.3) is 0 Å². The van der Waals surface area contributed by atoms with Crippen LogP contribution in [-0.2, 0) is 13.6 Å². The molecule has 3 heterocycles. The normalized spacial score (nSPS) is 17.8. The molecule has 1 atom stereocenters. The van der Waals surface area contributed by atoms with Crippen molar-refractivity contribution >= 4 is 5.96 Å². The number of hydrogen-bond acceptors (Lipinski definition) is 4. The molecule has 0 aliphatic carbocycles. The molecule has 7 heteroatoms. The van der Waals surface area contributed by atoms with Crippen LogP contribution in [0, 0.1) is 0 Å².